The van der Waals surface area contributed by atoms with Crippen molar-refractivity contribution in [3.63, 3.8) is 0 Å². The third-order valence-corrected chi connectivity index (χ3v) is 3.00. The van der Waals surface area contributed by atoms with Crippen LogP contribution < -0.4 is 0 Å². The molecule has 1 aromatic carbocycles. The van der Waals surface area contributed by atoms with Crippen LogP contribution in [0.1, 0.15) is 23.6 Å². The highest BCUT2D eigenvalue weighted by molar-refractivity contribution is 9.10. The lowest BCUT2D eigenvalue weighted by atomic mass is 9.98. The third kappa shape index (κ3) is 3.05. The Bertz CT molecular complexity index is 380. The molecule has 0 aromatic heterocycles. The minimum Gasteiger partial charge on any atom is -0.301 e. The zero-order valence-electron chi connectivity index (χ0n) is 9.29. The van der Waals surface area contributed by atoms with E-state index in [-0.39, 0.29) is 6.04 Å². The van der Waals surface area contributed by atoms with Gasteiger partial charge in [0.25, 0.3) is 0 Å². The predicted molar refractivity (Wildman–Crippen MR) is 65.5 cm³/mol. The second-order valence-corrected chi connectivity index (χ2v) is 4.76. The molecule has 0 fully saturated rings. The summed E-state index contributed by atoms with van der Waals surface area (Å²) in [5.41, 5.74) is 2.45. The normalized spacial score (nSPS) is 12.5. The van der Waals surface area contributed by atoms with Crippen molar-refractivity contribution in [3.8, 4) is 6.07 Å². The number of hydrogen-bond donors (Lipinski definition) is 0. The Labute approximate surface area is 99.6 Å². The first-order chi connectivity index (χ1) is 7.06. The lowest BCUT2D eigenvalue weighted by molar-refractivity contribution is 0.302. The summed E-state index contributed by atoms with van der Waals surface area (Å²) in [5.74, 6) is 0. The molecule has 0 aliphatic carbocycles. The molecule has 0 heterocycles. The highest BCUT2D eigenvalue weighted by Crippen LogP contribution is 2.27. The molecule has 1 aromatic rings. The Morgan fingerprint density at radius 3 is 2.67 bits per heavy atom. The quantitative estimate of drug-likeness (QED) is 0.840. The molecule has 80 valence electrons. The summed E-state index contributed by atoms with van der Waals surface area (Å²) in [6, 6.07) is 8.61. The van der Waals surface area contributed by atoms with Gasteiger partial charge in [0.2, 0.25) is 0 Å². The number of nitriles is 1. The van der Waals surface area contributed by atoms with E-state index in [2.05, 4.69) is 46.0 Å². The van der Waals surface area contributed by atoms with Gasteiger partial charge in [-0.2, -0.15) is 5.26 Å². The van der Waals surface area contributed by atoms with E-state index in [1.165, 1.54) is 11.1 Å². The van der Waals surface area contributed by atoms with E-state index >= 15 is 0 Å². The van der Waals surface area contributed by atoms with Crippen molar-refractivity contribution in [1.82, 2.24) is 4.90 Å². The third-order valence-electron chi connectivity index (χ3n) is 2.51. The van der Waals surface area contributed by atoms with E-state index in [0.717, 1.165) is 4.47 Å². The van der Waals surface area contributed by atoms with Gasteiger partial charge in [0.05, 0.1) is 12.5 Å². The van der Waals surface area contributed by atoms with Crippen molar-refractivity contribution in [1.29, 1.82) is 5.26 Å². The van der Waals surface area contributed by atoms with Gasteiger partial charge in [-0.05, 0) is 44.3 Å². The zero-order valence-corrected chi connectivity index (χ0v) is 10.9. The summed E-state index contributed by atoms with van der Waals surface area (Å²) in [5, 5.41) is 8.82. The number of aryl methyl sites for hydroxylation is 1. The minimum atomic E-state index is 0.174. The highest BCUT2D eigenvalue weighted by Gasteiger charge is 2.15. The molecule has 0 spiro atoms. The van der Waals surface area contributed by atoms with Gasteiger partial charge in [-0.1, -0.05) is 22.0 Å². The monoisotopic (exact) mass is 266 g/mol. The van der Waals surface area contributed by atoms with E-state index in [4.69, 9.17) is 5.26 Å². The summed E-state index contributed by atoms with van der Waals surface area (Å²) in [4.78, 5) is 2.08. The standard InChI is InChI=1S/C12H15BrN2/c1-9-4-5-10(13)8-11(9)12(6-7-14)15(2)3/h4-5,8,12H,6H2,1-3H3. The van der Waals surface area contributed by atoms with Crippen molar-refractivity contribution >= 4 is 15.9 Å². The second kappa shape index (κ2) is 5.29. The van der Waals surface area contributed by atoms with Crippen LogP contribution in [-0.2, 0) is 0 Å². The molecule has 0 aliphatic rings. The molecule has 1 atom stereocenters. The molecule has 0 saturated carbocycles. The SMILES string of the molecule is Cc1ccc(Br)cc1C(CC#N)N(C)C. The Kier molecular flexibility index (Phi) is 4.31. The number of halogens is 1. The summed E-state index contributed by atoms with van der Waals surface area (Å²) in [6.45, 7) is 2.08. The smallest absolute Gasteiger partial charge is 0.0641 e. The number of benzene rings is 1. The van der Waals surface area contributed by atoms with Crippen LogP contribution >= 0.6 is 15.9 Å². The molecule has 1 unspecified atom stereocenters. The molecule has 2 nitrogen and oxygen atoms in total. The van der Waals surface area contributed by atoms with E-state index in [0.29, 0.717) is 6.42 Å². The van der Waals surface area contributed by atoms with E-state index in [1.54, 1.807) is 0 Å². The molecular formula is C12H15BrN2. The molecule has 0 saturated heterocycles. The zero-order chi connectivity index (χ0) is 11.4. The first-order valence-corrected chi connectivity index (χ1v) is 5.65. The topological polar surface area (TPSA) is 27.0 Å². The van der Waals surface area contributed by atoms with Gasteiger partial charge in [-0.25, -0.2) is 0 Å². The van der Waals surface area contributed by atoms with E-state index < -0.39 is 0 Å². The van der Waals surface area contributed by atoms with E-state index in [1.807, 2.05) is 20.2 Å². The minimum absolute atomic E-state index is 0.174. The van der Waals surface area contributed by atoms with Gasteiger partial charge < -0.3 is 4.90 Å². The molecule has 0 aliphatic heterocycles. The Balaban J connectivity index is 3.11. The predicted octanol–water partition coefficient (Wildman–Crippen LogP) is 3.27. The fourth-order valence-electron chi connectivity index (χ4n) is 1.63. The number of hydrogen-bond acceptors (Lipinski definition) is 2. The molecule has 0 N–H and O–H groups in total. The highest BCUT2D eigenvalue weighted by atomic mass is 79.9. The summed E-state index contributed by atoms with van der Waals surface area (Å²) >= 11 is 3.46. The molecular weight excluding hydrogens is 252 g/mol. The Hall–Kier alpha value is -0.850. The lowest BCUT2D eigenvalue weighted by Crippen LogP contribution is -2.20. The molecule has 0 radical (unpaired) electrons. The molecule has 3 heteroatoms. The lowest BCUT2D eigenvalue weighted by Gasteiger charge is -2.24. The average Bonchev–Trinajstić information content (AvgIpc) is 2.18. The first-order valence-electron chi connectivity index (χ1n) is 4.85. The number of nitrogens with zero attached hydrogens (tertiary/aromatic N) is 2. The van der Waals surface area contributed by atoms with Crippen LogP contribution in [0, 0.1) is 18.3 Å². The molecule has 0 bridgehead atoms. The molecule has 1 rings (SSSR count). The van der Waals surface area contributed by atoms with Crippen LogP contribution in [0.25, 0.3) is 0 Å². The van der Waals surface area contributed by atoms with Crippen LogP contribution in [0.15, 0.2) is 22.7 Å². The average molecular weight is 267 g/mol. The fraction of sp³-hybridized carbons (Fsp3) is 0.417. The fourth-order valence-corrected chi connectivity index (χ4v) is 2.01. The van der Waals surface area contributed by atoms with Crippen LogP contribution in [0.5, 0.6) is 0 Å². The van der Waals surface area contributed by atoms with Gasteiger partial charge in [0, 0.05) is 10.5 Å². The molecule has 0 amide bonds. The maximum atomic E-state index is 8.82. The van der Waals surface area contributed by atoms with Crippen LogP contribution in [0.4, 0.5) is 0 Å². The van der Waals surface area contributed by atoms with Gasteiger partial charge in [-0.3, -0.25) is 0 Å². The van der Waals surface area contributed by atoms with Crippen molar-refractivity contribution in [2.45, 2.75) is 19.4 Å². The van der Waals surface area contributed by atoms with Crippen molar-refractivity contribution in [2.75, 3.05) is 14.1 Å². The van der Waals surface area contributed by atoms with Crippen molar-refractivity contribution in [3.05, 3.63) is 33.8 Å². The van der Waals surface area contributed by atoms with Gasteiger partial charge in [0.1, 0.15) is 0 Å². The van der Waals surface area contributed by atoms with Crippen LogP contribution in [0.3, 0.4) is 0 Å². The summed E-state index contributed by atoms with van der Waals surface area (Å²) in [7, 11) is 4.00. The second-order valence-electron chi connectivity index (χ2n) is 3.84. The largest absolute Gasteiger partial charge is 0.301 e. The van der Waals surface area contributed by atoms with Gasteiger partial charge in [0.15, 0.2) is 0 Å². The summed E-state index contributed by atoms with van der Waals surface area (Å²) in [6.07, 6.45) is 0.518. The van der Waals surface area contributed by atoms with E-state index in [9.17, 15) is 0 Å². The van der Waals surface area contributed by atoms with Crippen LogP contribution in [-0.4, -0.2) is 19.0 Å². The number of rotatable bonds is 3. The molecule has 15 heavy (non-hydrogen) atoms. The van der Waals surface area contributed by atoms with Gasteiger partial charge in [-0.15, -0.1) is 0 Å². The van der Waals surface area contributed by atoms with Gasteiger partial charge >= 0.3 is 0 Å². The van der Waals surface area contributed by atoms with Crippen molar-refractivity contribution in [2.24, 2.45) is 0 Å². The maximum absolute atomic E-state index is 8.82. The summed E-state index contributed by atoms with van der Waals surface area (Å²) < 4.78 is 1.06. The Morgan fingerprint density at radius 1 is 1.47 bits per heavy atom. The Morgan fingerprint density at radius 2 is 2.13 bits per heavy atom. The first kappa shape index (κ1) is 12.2. The maximum Gasteiger partial charge on any atom is 0.0641 e. The van der Waals surface area contributed by atoms with Crippen molar-refractivity contribution < 1.29 is 0 Å². The van der Waals surface area contributed by atoms with Crippen LogP contribution in [0.2, 0.25) is 0 Å².